The summed E-state index contributed by atoms with van der Waals surface area (Å²) in [5.74, 6) is -0.472. The number of rotatable bonds is 6. The maximum Gasteiger partial charge on any atom is 0.277 e. The fourth-order valence-electron chi connectivity index (χ4n) is 3.51. The van der Waals surface area contributed by atoms with Gasteiger partial charge in [0.1, 0.15) is 18.2 Å². The Hall–Kier alpha value is -3.15. The average molecular weight is 461 g/mol. The van der Waals surface area contributed by atoms with E-state index in [4.69, 9.17) is 9.47 Å². The number of pyridine rings is 1. The van der Waals surface area contributed by atoms with E-state index < -0.39 is 21.7 Å². The molecule has 0 aliphatic carbocycles. The van der Waals surface area contributed by atoms with Gasteiger partial charge in [0.2, 0.25) is 0 Å². The zero-order valence-electron chi connectivity index (χ0n) is 17.5. The molecule has 1 amide bonds. The number of benzene rings is 1. The molecule has 10 nitrogen and oxygen atoms in total. The lowest BCUT2D eigenvalue weighted by Gasteiger charge is -2.28. The molecule has 1 fully saturated rings. The van der Waals surface area contributed by atoms with Crippen molar-refractivity contribution >= 4 is 27.5 Å². The molecule has 0 saturated carbocycles. The number of ether oxygens (including phenoxy) is 2. The van der Waals surface area contributed by atoms with Gasteiger partial charge in [-0.2, -0.15) is 0 Å². The van der Waals surface area contributed by atoms with Gasteiger partial charge >= 0.3 is 0 Å². The van der Waals surface area contributed by atoms with Crippen molar-refractivity contribution in [3.05, 3.63) is 53.9 Å². The zero-order chi connectivity index (χ0) is 22.7. The summed E-state index contributed by atoms with van der Waals surface area (Å²) in [5.41, 5.74) is -0.302. The topological polar surface area (TPSA) is 121 Å². The number of aliphatic hydroxyl groups is 1. The Morgan fingerprint density at radius 2 is 1.97 bits per heavy atom. The van der Waals surface area contributed by atoms with Crippen molar-refractivity contribution in [1.82, 2.24) is 14.2 Å². The fraction of sp³-hybridized carbons (Fsp3) is 0.333. The minimum Gasteiger partial charge on any atom is -0.505 e. The minimum absolute atomic E-state index is 0.0618. The molecule has 2 aliphatic rings. The van der Waals surface area contributed by atoms with Gasteiger partial charge in [-0.1, -0.05) is 12.1 Å². The van der Waals surface area contributed by atoms with Gasteiger partial charge in [-0.05, 0) is 24.3 Å². The van der Waals surface area contributed by atoms with Gasteiger partial charge in [0, 0.05) is 32.2 Å². The van der Waals surface area contributed by atoms with Gasteiger partial charge in [0.25, 0.3) is 15.9 Å². The average Bonchev–Trinajstić information content (AvgIpc) is 2.80. The second-order valence-electron chi connectivity index (χ2n) is 7.30. The molecule has 1 aromatic carbocycles. The van der Waals surface area contributed by atoms with E-state index in [2.05, 4.69) is 15.2 Å². The smallest absolute Gasteiger partial charge is 0.277 e. The normalized spacial score (nSPS) is 18.2. The van der Waals surface area contributed by atoms with E-state index >= 15 is 0 Å². The van der Waals surface area contributed by atoms with Crippen molar-refractivity contribution in [2.75, 3.05) is 51.8 Å². The standard InChI is InChI=1S/C21H24N4O6S/c1-24-19(20(26)16-4-2-3-5-17(16)32(24,28)29)21(27)23-18-7-6-15(14-22-18)31-13-10-25-8-11-30-12-9-25/h2-7,14,26H,8-13H2,1H3,(H,22,23,27). The number of aromatic nitrogens is 1. The van der Waals surface area contributed by atoms with E-state index in [1.54, 1.807) is 24.3 Å². The summed E-state index contributed by atoms with van der Waals surface area (Å²) in [7, 11) is -2.75. The highest BCUT2D eigenvalue weighted by molar-refractivity contribution is 7.89. The number of fused-ring (bicyclic) bond motifs is 1. The molecule has 1 saturated heterocycles. The highest BCUT2D eigenvalue weighted by Gasteiger charge is 2.37. The van der Waals surface area contributed by atoms with Crippen molar-refractivity contribution in [3.8, 4) is 5.75 Å². The molecular formula is C21H24N4O6S. The van der Waals surface area contributed by atoms with E-state index in [1.165, 1.54) is 25.4 Å². The molecule has 2 N–H and O–H groups in total. The predicted molar refractivity (Wildman–Crippen MR) is 117 cm³/mol. The summed E-state index contributed by atoms with van der Waals surface area (Å²) in [6, 6.07) is 9.18. The third-order valence-electron chi connectivity index (χ3n) is 5.29. The number of carbonyl (C=O) groups excluding carboxylic acids is 1. The van der Waals surface area contributed by atoms with Crippen LogP contribution in [0, 0.1) is 0 Å². The second kappa shape index (κ2) is 9.15. The maximum atomic E-state index is 12.8. The first-order valence-electron chi connectivity index (χ1n) is 10.1. The van der Waals surface area contributed by atoms with Crippen molar-refractivity contribution in [2.24, 2.45) is 0 Å². The SMILES string of the molecule is CN1C(C(=O)Nc2ccc(OCCN3CCOCC3)cn2)=C(O)c2ccccc2S1(=O)=O. The molecule has 4 rings (SSSR count). The molecular weight excluding hydrogens is 436 g/mol. The van der Waals surface area contributed by atoms with Crippen LogP contribution in [0.15, 0.2) is 53.2 Å². The first-order chi connectivity index (χ1) is 15.4. The van der Waals surface area contributed by atoms with Gasteiger partial charge in [0.15, 0.2) is 11.5 Å². The lowest BCUT2D eigenvalue weighted by Crippen LogP contribution is -2.38. The van der Waals surface area contributed by atoms with Crippen LogP contribution in [-0.4, -0.2) is 80.1 Å². The Labute approximate surface area is 186 Å². The van der Waals surface area contributed by atoms with E-state index in [1.807, 2.05) is 0 Å². The summed E-state index contributed by atoms with van der Waals surface area (Å²) in [6.07, 6.45) is 1.47. The number of carbonyl (C=O) groups is 1. The van der Waals surface area contributed by atoms with Crippen LogP contribution in [-0.2, 0) is 19.6 Å². The highest BCUT2D eigenvalue weighted by atomic mass is 32.2. The maximum absolute atomic E-state index is 12.8. The molecule has 0 bridgehead atoms. The van der Waals surface area contributed by atoms with Gasteiger partial charge in [-0.25, -0.2) is 13.4 Å². The van der Waals surface area contributed by atoms with E-state index in [0.717, 1.165) is 37.2 Å². The van der Waals surface area contributed by atoms with Crippen LogP contribution in [0.1, 0.15) is 5.56 Å². The van der Waals surface area contributed by atoms with Crippen molar-refractivity contribution < 1.29 is 27.8 Å². The van der Waals surface area contributed by atoms with E-state index in [-0.39, 0.29) is 22.0 Å². The van der Waals surface area contributed by atoms with Crippen LogP contribution in [0.3, 0.4) is 0 Å². The quantitative estimate of drug-likeness (QED) is 0.662. The second-order valence-corrected chi connectivity index (χ2v) is 9.24. The van der Waals surface area contributed by atoms with Crippen LogP contribution >= 0.6 is 0 Å². The van der Waals surface area contributed by atoms with E-state index in [9.17, 15) is 18.3 Å². The van der Waals surface area contributed by atoms with Crippen LogP contribution < -0.4 is 10.1 Å². The molecule has 170 valence electrons. The number of aliphatic hydroxyl groups excluding tert-OH is 1. The van der Waals surface area contributed by atoms with Gasteiger partial charge in [-0.15, -0.1) is 0 Å². The predicted octanol–water partition coefficient (Wildman–Crippen LogP) is 1.29. The Morgan fingerprint density at radius 1 is 1.22 bits per heavy atom. The highest BCUT2D eigenvalue weighted by Crippen LogP contribution is 2.34. The molecule has 3 heterocycles. The van der Waals surface area contributed by atoms with Crippen LogP contribution in [0.25, 0.3) is 5.76 Å². The molecule has 1 aromatic heterocycles. The minimum atomic E-state index is -3.96. The first-order valence-corrected chi connectivity index (χ1v) is 11.5. The van der Waals surface area contributed by atoms with E-state index in [0.29, 0.717) is 12.4 Å². The largest absolute Gasteiger partial charge is 0.505 e. The van der Waals surface area contributed by atoms with Gasteiger partial charge in [0.05, 0.1) is 24.3 Å². The summed E-state index contributed by atoms with van der Waals surface area (Å²) >= 11 is 0. The van der Waals surface area contributed by atoms with Crippen molar-refractivity contribution in [2.45, 2.75) is 4.90 Å². The van der Waals surface area contributed by atoms with Gasteiger partial charge < -0.3 is 19.9 Å². The van der Waals surface area contributed by atoms with Crippen molar-refractivity contribution in [3.63, 3.8) is 0 Å². The first kappa shape index (κ1) is 22.1. The third-order valence-corrected chi connectivity index (χ3v) is 7.11. The summed E-state index contributed by atoms with van der Waals surface area (Å²) in [6.45, 7) is 4.48. The lowest BCUT2D eigenvalue weighted by molar-refractivity contribution is -0.113. The summed E-state index contributed by atoms with van der Waals surface area (Å²) in [4.78, 5) is 19.1. The number of amides is 1. The number of anilines is 1. The van der Waals surface area contributed by atoms with Gasteiger partial charge in [-0.3, -0.25) is 14.0 Å². The molecule has 0 spiro atoms. The molecule has 0 atom stereocenters. The van der Waals surface area contributed by atoms with Crippen LogP contribution in [0.2, 0.25) is 0 Å². The molecule has 2 aromatic rings. The zero-order valence-corrected chi connectivity index (χ0v) is 18.3. The number of nitrogens with one attached hydrogen (secondary N) is 1. The summed E-state index contributed by atoms with van der Waals surface area (Å²) < 4.78 is 37.2. The Morgan fingerprint density at radius 3 is 2.69 bits per heavy atom. The molecule has 11 heteroatoms. The number of likely N-dealkylation sites (N-methyl/N-ethyl adjacent to an activating group) is 1. The molecule has 0 unspecified atom stereocenters. The molecule has 0 radical (unpaired) electrons. The number of hydrogen-bond donors (Lipinski definition) is 2. The Balaban J connectivity index is 1.42. The number of nitrogens with zero attached hydrogens (tertiary/aromatic N) is 3. The third kappa shape index (κ3) is 4.40. The fourth-order valence-corrected chi connectivity index (χ4v) is 4.91. The molecule has 32 heavy (non-hydrogen) atoms. The Bertz CT molecular complexity index is 1130. The summed E-state index contributed by atoms with van der Waals surface area (Å²) in [5, 5.41) is 13.1. The lowest BCUT2D eigenvalue weighted by atomic mass is 10.1. The number of sulfonamides is 1. The monoisotopic (exact) mass is 460 g/mol. The van der Waals surface area contributed by atoms with Crippen molar-refractivity contribution in [1.29, 1.82) is 0 Å². The van der Waals surface area contributed by atoms with Crippen LogP contribution in [0.5, 0.6) is 5.75 Å². The molecule has 2 aliphatic heterocycles. The Kier molecular flexibility index (Phi) is 6.31. The number of morpholine rings is 1. The van der Waals surface area contributed by atoms with Crippen LogP contribution in [0.4, 0.5) is 5.82 Å². The number of hydrogen-bond acceptors (Lipinski definition) is 8.